The molecule has 2 aromatic carbocycles. The number of rotatable bonds is 5. The van der Waals surface area contributed by atoms with Crippen molar-refractivity contribution in [3.05, 3.63) is 59.2 Å². The number of carboxylic acids is 1. The van der Waals surface area contributed by atoms with Crippen LogP contribution in [-0.4, -0.2) is 16.2 Å². The van der Waals surface area contributed by atoms with E-state index >= 15 is 0 Å². The first-order valence-electron chi connectivity index (χ1n) is 6.91. The molecule has 2 aromatic rings. The summed E-state index contributed by atoms with van der Waals surface area (Å²) in [5.41, 5.74) is 2.90. The third-order valence-electron chi connectivity index (χ3n) is 3.60. The molecule has 110 valence electrons. The summed E-state index contributed by atoms with van der Waals surface area (Å²) in [5, 5.41) is 21.9. The predicted molar refractivity (Wildman–Crippen MR) is 82.9 cm³/mol. The van der Waals surface area contributed by atoms with Crippen LogP contribution in [0.5, 0.6) is 5.75 Å². The van der Waals surface area contributed by atoms with Crippen LogP contribution in [0.15, 0.2) is 42.5 Å². The molecule has 0 spiro atoms. The lowest BCUT2D eigenvalue weighted by molar-refractivity contribution is 0.0696. The van der Waals surface area contributed by atoms with Crippen LogP contribution >= 0.6 is 0 Å². The molecule has 1 unspecified atom stereocenters. The molecule has 0 radical (unpaired) electrons. The highest BCUT2D eigenvalue weighted by Gasteiger charge is 2.14. The number of phenols is 1. The van der Waals surface area contributed by atoms with Gasteiger partial charge in [-0.3, -0.25) is 0 Å². The lowest BCUT2D eigenvalue weighted by Crippen LogP contribution is -2.12. The summed E-state index contributed by atoms with van der Waals surface area (Å²) in [6, 6.07) is 12.3. The maximum Gasteiger partial charge on any atom is 0.336 e. The molecule has 0 aliphatic heterocycles. The number of anilines is 1. The fraction of sp³-hybridized carbons (Fsp3) is 0.235. The minimum atomic E-state index is -0.922. The van der Waals surface area contributed by atoms with Gasteiger partial charge in [-0.25, -0.2) is 4.79 Å². The van der Waals surface area contributed by atoms with Crippen LogP contribution in [0, 0.1) is 6.92 Å². The van der Waals surface area contributed by atoms with E-state index in [2.05, 4.69) is 12.2 Å². The number of carboxylic acid groups (broad SMARTS) is 1. The number of carbonyl (C=O) groups is 1. The monoisotopic (exact) mass is 285 g/mol. The van der Waals surface area contributed by atoms with Crippen LogP contribution in [0.25, 0.3) is 0 Å². The summed E-state index contributed by atoms with van der Waals surface area (Å²) >= 11 is 0. The lowest BCUT2D eigenvalue weighted by atomic mass is 10.0. The molecule has 0 aliphatic carbocycles. The Morgan fingerprint density at radius 2 is 1.86 bits per heavy atom. The summed E-state index contributed by atoms with van der Waals surface area (Å²) < 4.78 is 0. The van der Waals surface area contributed by atoms with E-state index in [1.165, 1.54) is 0 Å². The summed E-state index contributed by atoms with van der Waals surface area (Å²) in [5.74, 6) is -0.688. The average Bonchev–Trinajstić information content (AvgIpc) is 2.47. The molecule has 1 atom stereocenters. The van der Waals surface area contributed by atoms with Crippen molar-refractivity contribution in [3.63, 3.8) is 0 Å². The van der Waals surface area contributed by atoms with Crippen molar-refractivity contribution in [2.24, 2.45) is 0 Å². The molecule has 0 fully saturated rings. The summed E-state index contributed by atoms with van der Waals surface area (Å²) in [7, 11) is 0. The molecule has 0 saturated carbocycles. The Hall–Kier alpha value is -2.49. The zero-order valence-corrected chi connectivity index (χ0v) is 12.1. The van der Waals surface area contributed by atoms with E-state index in [1.807, 2.05) is 18.2 Å². The Kier molecular flexibility index (Phi) is 4.48. The zero-order chi connectivity index (χ0) is 15.4. The fourth-order valence-electron chi connectivity index (χ4n) is 2.34. The van der Waals surface area contributed by atoms with Crippen molar-refractivity contribution in [2.75, 3.05) is 5.32 Å². The molecule has 3 N–H and O–H groups in total. The minimum Gasteiger partial charge on any atom is -0.508 e. The highest BCUT2D eigenvalue weighted by molar-refractivity contribution is 5.91. The molecule has 0 heterocycles. The Balaban J connectivity index is 2.29. The highest BCUT2D eigenvalue weighted by atomic mass is 16.4. The third kappa shape index (κ3) is 3.34. The van der Waals surface area contributed by atoms with Gasteiger partial charge < -0.3 is 15.5 Å². The van der Waals surface area contributed by atoms with Crippen LogP contribution in [0.2, 0.25) is 0 Å². The number of phenolic OH excluding ortho intramolecular Hbond substituents is 1. The van der Waals surface area contributed by atoms with Crippen LogP contribution in [-0.2, 0) is 0 Å². The van der Waals surface area contributed by atoms with E-state index in [0.29, 0.717) is 5.56 Å². The molecular formula is C17H19NO3. The fourth-order valence-corrected chi connectivity index (χ4v) is 2.34. The summed E-state index contributed by atoms with van der Waals surface area (Å²) in [6.45, 7) is 3.86. The second-order valence-electron chi connectivity index (χ2n) is 4.98. The normalized spacial score (nSPS) is 11.9. The van der Waals surface area contributed by atoms with Crippen LogP contribution < -0.4 is 5.32 Å². The first-order valence-corrected chi connectivity index (χ1v) is 6.91. The van der Waals surface area contributed by atoms with Crippen molar-refractivity contribution in [3.8, 4) is 5.75 Å². The zero-order valence-electron chi connectivity index (χ0n) is 12.1. The van der Waals surface area contributed by atoms with Crippen LogP contribution in [0.1, 0.15) is 40.9 Å². The maximum absolute atomic E-state index is 11.2. The van der Waals surface area contributed by atoms with E-state index in [-0.39, 0.29) is 11.8 Å². The Morgan fingerprint density at radius 1 is 1.19 bits per heavy atom. The summed E-state index contributed by atoms with van der Waals surface area (Å²) in [6.07, 6.45) is 0.849. The van der Waals surface area contributed by atoms with Crippen LogP contribution in [0.4, 0.5) is 5.69 Å². The Labute approximate surface area is 124 Å². The number of aromatic hydroxyl groups is 1. The van der Waals surface area contributed by atoms with Crippen molar-refractivity contribution in [2.45, 2.75) is 26.3 Å². The van der Waals surface area contributed by atoms with Gasteiger partial charge in [0.15, 0.2) is 0 Å². The van der Waals surface area contributed by atoms with Gasteiger partial charge in [-0.15, -0.1) is 0 Å². The van der Waals surface area contributed by atoms with Gasteiger partial charge in [-0.1, -0.05) is 25.1 Å². The molecule has 21 heavy (non-hydrogen) atoms. The SMILES string of the molecule is CCC(Nc1cccc(C(=O)O)c1C)c1ccc(O)cc1. The van der Waals surface area contributed by atoms with E-state index < -0.39 is 5.97 Å². The predicted octanol–water partition coefficient (Wildman–Crippen LogP) is 3.96. The maximum atomic E-state index is 11.2. The summed E-state index contributed by atoms with van der Waals surface area (Å²) in [4.78, 5) is 11.2. The van der Waals surface area contributed by atoms with Gasteiger partial charge in [0.1, 0.15) is 5.75 Å². The smallest absolute Gasteiger partial charge is 0.336 e. The van der Waals surface area contributed by atoms with E-state index in [1.54, 1.807) is 31.2 Å². The number of aromatic carboxylic acids is 1. The molecular weight excluding hydrogens is 266 g/mol. The van der Waals surface area contributed by atoms with E-state index in [9.17, 15) is 15.0 Å². The van der Waals surface area contributed by atoms with E-state index in [4.69, 9.17) is 0 Å². The second-order valence-corrected chi connectivity index (χ2v) is 4.98. The molecule has 4 heteroatoms. The third-order valence-corrected chi connectivity index (χ3v) is 3.60. The number of hydrogen-bond acceptors (Lipinski definition) is 3. The average molecular weight is 285 g/mol. The quantitative estimate of drug-likeness (QED) is 0.777. The number of hydrogen-bond donors (Lipinski definition) is 3. The van der Waals surface area contributed by atoms with E-state index in [0.717, 1.165) is 23.2 Å². The number of nitrogens with one attached hydrogen (secondary N) is 1. The first kappa shape index (κ1) is 14.9. The largest absolute Gasteiger partial charge is 0.508 e. The van der Waals surface area contributed by atoms with Crippen molar-refractivity contribution in [1.29, 1.82) is 0 Å². The van der Waals surface area contributed by atoms with Gasteiger partial charge in [0.05, 0.1) is 11.6 Å². The van der Waals surface area contributed by atoms with Gasteiger partial charge in [0.2, 0.25) is 0 Å². The van der Waals surface area contributed by atoms with Crippen molar-refractivity contribution in [1.82, 2.24) is 0 Å². The Bertz CT molecular complexity index is 635. The molecule has 2 rings (SSSR count). The molecule has 0 aromatic heterocycles. The number of benzene rings is 2. The molecule has 4 nitrogen and oxygen atoms in total. The van der Waals surface area contributed by atoms with Crippen molar-refractivity contribution >= 4 is 11.7 Å². The topological polar surface area (TPSA) is 69.6 Å². The van der Waals surface area contributed by atoms with Gasteiger partial charge in [-0.05, 0) is 48.7 Å². The molecule has 0 bridgehead atoms. The van der Waals surface area contributed by atoms with Gasteiger partial charge in [-0.2, -0.15) is 0 Å². The molecule has 0 saturated heterocycles. The van der Waals surface area contributed by atoms with Gasteiger partial charge in [0.25, 0.3) is 0 Å². The first-order chi connectivity index (χ1) is 10.0. The minimum absolute atomic E-state index is 0.0633. The lowest BCUT2D eigenvalue weighted by Gasteiger charge is -2.21. The van der Waals surface area contributed by atoms with Crippen molar-refractivity contribution < 1.29 is 15.0 Å². The molecule has 0 aliphatic rings. The Morgan fingerprint density at radius 3 is 2.43 bits per heavy atom. The van der Waals surface area contributed by atoms with Gasteiger partial charge in [0, 0.05) is 5.69 Å². The van der Waals surface area contributed by atoms with Gasteiger partial charge >= 0.3 is 5.97 Å². The van der Waals surface area contributed by atoms with Crippen LogP contribution in [0.3, 0.4) is 0 Å². The standard InChI is InChI=1S/C17H19NO3/c1-3-15(12-7-9-13(19)10-8-12)18-16-6-4-5-14(11(16)2)17(20)21/h4-10,15,18-19H,3H2,1-2H3,(H,20,21). The molecule has 0 amide bonds. The highest BCUT2D eigenvalue weighted by Crippen LogP contribution is 2.27. The second kappa shape index (κ2) is 6.31.